The molecule has 0 bridgehead atoms. The molecule has 2 aromatic heterocycles. The number of benzene rings is 1. The number of carboxylic acid groups (broad SMARTS) is 1. The molecule has 3 aromatic rings. The van der Waals surface area contributed by atoms with Crippen molar-refractivity contribution in [3.8, 4) is 11.3 Å². The number of halogens is 2. The van der Waals surface area contributed by atoms with E-state index in [2.05, 4.69) is 5.10 Å². The molecule has 0 saturated heterocycles. The topological polar surface area (TPSA) is 94.2 Å². The van der Waals surface area contributed by atoms with Gasteiger partial charge in [-0.1, -0.05) is 29.3 Å². The van der Waals surface area contributed by atoms with Crippen molar-refractivity contribution in [3.05, 3.63) is 73.7 Å². The number of hydrogen-bond donors (Lipinski definition) is 1. The molecular weight excluding hydrogens is 417 g/mol. The number of carbonyl (C=O) groups is 2. The summed E-state index contributed by atoms with van der Waals surface area (Å²) in [6.07, 6.45) is 1.63. The van der Waals surface area contributed by atoms with E-state index in [9.17, 15) is 19.5 Å². The van der Waals surface area contributed by atoms with Crippen LogP contribution in [0.2, 0.25) is 10.0 Å². The summed E-state index contributed by atoms with van der Waals surface area (Å²) in [5.41, 5.74) is 0.572. The van der Waals surface area contributed by atoms with E-state index in [4.69, 9.17) is 23.2 Å². The molecule has 0 radical (unpaired) electrons. The lowest BCUT2D eigenvalue weighted by molar-refractivity contribution is 0.0695. The van der Waals surface area contributed by atoms with Crippen molar-refractivity contribution in [1.82, 2.24) is 14.3 Å². The summed E-state index contributed by atoms with van der Waals surface area (Å²) in [5.74, 6) is -1.50. The van der Waals surface area contributed by atoms with Gasteiger partial charge in [0.05, 0.1) is 22.3 Å². The highest BCUT2D eigenvalue weighted by atomic mass is 35.5. The minimum absolute atomic E-state index is 0.172. The predicted octanol–water partition coefficient (Wildman–Crippen LogP) is 3.99. The van der Waals surface area contributed by atoms with Crippen LogP contribution in [0.25, 0.3) is 11.3 Å². The first-order valence-electron chi connectivity index (χ1n) is 8.72. The third-order valence-corrected chi connectivity index (χ3v) is 5.19. The number of rotatable bonds is 6. The van der Waals surface area contributed by atoms with Crippen LogP contribution in [0.5, 0.6) is 0 Å². The van der Waals surface area contributed by atoms with E-state index >= 15 is 0 Å². The molecule has 150 valence electrons. The van der Waals surface area contributed by atoms with Gasteiger partial charge in [0.25, 0.3) is 0 Å². The average Bonchev–Trinajstić information content (AvgIpc) is 3.12. The van der Waals surface area contributed by atoms with Crippen molar-refractivity contribution in [2.75, 3.05) is 0 Å². The second-order valence-electron chi connectivity index (χ2n) is 6.36. The lowest BCUT2D eigenvalue weighted by atomic mass is 10.0. The fourth-order valence-corrected chi connectivity index (χ4v) is 3.44. The SMILES string of the molecule is CCn1c(Cn2ccc(C(C)=O)n2)cc(=O)c(C(=O)O)c1-c1ccc(Cl)c(Cl)c1. The first-order chi connectivity index (χ1) is 13.7. The Hall–Kier alpha value is -2.90. The van der Waals surface area contributed by atoms with Gasteiger partial charge in [-0.25, -0.2) is 4.79 Å². The molecule has 0 aliphatic rings. The van der Waals surface area contributed by atoms with Gasteiger partial charge in [0.2, 0.25) is 0 Å². The fraction of sp³-hybridized carbons (Fsp3) is 0.200. The summed E-state index contributed by atoms with van der Waals surface area (Å²) in [6, 6.07) is 7.57. The molecule has 0 aliphatic carbocycles. The van der Waals surface area contributed by atoms with Crippen LogP contribution >= 0.6 is 23.2 Å². The normalized spacial score (nSPS) is 10.9. The standard InChI is InChI=1S/C20H17Cl2N3O4/c1-3-25-13(10-24-7-6-16(23-24)11(2)26)9-17(27)18(20(28)29)19(25)12-4-5-14(21)15(22)8-12/h4-9H,3,10H2,1-2H3,(H,28,29). The van der Waals surface area contributed by atoms with Crippen molar-refractivity contribution in [2.24, 2.45) is 0 Å². The van der Waals surface area contributed by atoms with Crippen molar-refractivity contribution >= 4 is 35.0 Å². The zero-order valence-corrected chi connectivity index (χ0v) is 17.2. The molecule has 0 unspecified atom stereocenters. The maximum absolute atomic E-state index is 12.7. The maximum Gasteiger partial charge on any atom is 0.341 e. The predicted molar refractivity (Wildman–Crippen MR) is 110 cm³/mol. The second-order valence-corrected chi connectivity index (χ2v) is 7.17. The fourth-order valence-electron chi connectivity index (χ4n) is 3.14. The van der Waals surface area contributed by atoms with Gasteiger partial charge >= 0.3 is 5.97 Å². The molecule has 0 fully saturated rings. The van der Waals surface area contributed by atoms with Crippen LogP contribution in [-0.2, 0) is 13.1 Å². The highest BCUT2D eigenvalue weighted by molar-refractivity contribution is 6.42. The Morgan fingerprint density at radius 3 is 2.41 bits per heavy atom. The van der Waals surface area contributed by atoms with E-state index in [-0.39, 0.29) is 28.6 Å². The van der Waals surface area contributed by atoms with Crippen molar-refractivity contribution in [1.29, 1.82) is 0 Å². The number of aromatic nitrogens is 3. The monoisotopic (exact) mass is 433 g/mol. The molecule has 1 aromatic carbocycles. The lowest BCUT2D eigenvalue weighted by Gasteiger charge is -2.20. The van der Waals surface area contributed by atoms with E-state index in [1.807, 2.05) is 6.92 Å². The van der Waals surface area contributed by atoms with Crippen LogP contribution in [0.3, 0.4) is 0 Å². The number of Topliss-reactive ketones (excluding diaryl/α,β-unsaturated/α-hetero) is 1. The number of carbonyl (C=O) groups excluding carboxylic acids is 1. The number of nitrogens with zero attached hydrogens (tertiary/aromatic N) is 3. The number of ketones is 1. The Morgan fingerprint density at radius 1 is 1.14 bits per heavy atom. The van der Waals surface area contributed by atoms with Gasteiger partial charge in [0.15, 0.2) is 11.2 Å². The number of pyridine rings is 1. The van der Waals surface area contributed by atoms with E-state index in [1.165, 1.54) is 23.7 Å². The van der Waals surface area contributed by atoms with Crippen LogP contribution < -0.4 is 5.43 Å². The summed E-state index contributed by atoms with van der Waals surface area (Å²) in [4.78, 5) is 36.0. The highest BCUT2D eigenvalue weighted by Crippen LogP contribution is 2.30. The minimum atomic E-state index is -1.33. The van der Waals surface area contributed by atoms with Gasteiger partial charge in [-0.15, -0.1) is 0 Å². The average molecular weight is 434 g/mol. The summed E-state index contributed by atoms with van der Waals surface area (Å²) >= 11 is 12.1. The maximum atomic E-state index is 12.7. The lowest BCUT2D eigenvalue weighted by Crippen LogP contribution is -2.24. The molecule has 0 saturated carbocycles. The quantitative estimate of drug-likeness (QED) is 0.593. The van der Waals surface area contributed by atoms with Gasteiger partial charge in [-0.3, -0.25) is 14.3 Å². The molecule has 1 N–H and O–H groups in total. The number of aromatic carboxylic acids is 1. The highest BCUT2D eigenvalue weighted by Gasteiger charge is 2.22. The van der Waals surface area contributed by atoms with E-state index in [0.29, 0.717) is 28.5 Å². The summed E-state index contributed by atoms with van der Waals surface area (Å²) in [5, 5.41) is 14.4. The van der Waals surface area contributed by atoms with Crippen molar-refractivity contribution < 1.29 is 14.7 Å². The Labute approximate surface area is 176 Å². The van der Waals surface area contributed by atoms with E-state index in [0.717, 1.165) is 0 Å². The Morgan fingerprint density at radius 2 is 1.86 bits per heavy atom. The summed E-state index contributed by atoms with van der Waals surface area (Å²) in [7, 11) is 0. The summed E-state index contributed by atoms with van der Waals surface area (Å²) < 4.78 is 3.25. The van der Waals surface area contributed by atoms with Crippen LogP contribution in [0.1, 0.15) is 40.4 Å². The zero-order valence-electron chi connectivity index (χ0n) is 15.6. The minimum Gasteiger partial charge on any atom is -0.477 e. The molecule has 0 aliphatic heterocycles. The molecule has 29 heavy (non-hydrogen) atoms. The summed E-state index contributed by atoms with van der Waals surface area (Å²) in [6.45, 7) is 3.83. The van der Waals surface area contributed by atoms with Gasteiger partial charge in [0.1, 0.15) is 11.3 Å². The number of hydrogen-bond acceptors (Lipinski definition) is 4. The van der Waals surface area contributed by atoms with Crippen LogP contribution in [0.15, 0.2) is 41.3 Å². The van der Waals surface area contributed by atoms with Gasteiger partial charge in [-0.2, -0.15) is 5.10 Å². The van der Waals surface area contributed by atoms with Crippen molar-refractivity contribution in [2.45, 2.75) is 26.9 Å². The first-order valence-corrected chi connectivity index (χ1v) is 9.48. The van der Waals surface area contributed by atoms with Crippen LogP contribution in [0.4, 0.5) is 0 Å². The second kappa shape index (κ2) is 8.23. The van der Waals surface area contributed by atoms with Crippen molar-refractivity contribution in [3.63, 3.8) is 0 Å². The van der Waals surface area contributed by atoms with Gasteiger partial charge < -0.3 is 9.67 Å². The van der Waals surface area contributed by atoms with Crippen LogP contribution in [-0.4, -0.2) is 31.2 Å². The first kappa shape index (κ1) is 20.8. The third kappa shape index (κ3) is 4.11. The molecule has 9 heteroatoms. The number of carboxylic acids is 1. The largest absolute Gasteiger partial charge is 0.477 e. The Kier molecular flexibility index (Phi) is 5.91. The van der Waals surface area contributed by atoms with E-state index in [1.54, 1.807) is 29.0 Å². The third-order valence-electron chi connectivity index (χ3n) is 4.45. The molecule has 7 nitrogen and oxygen atoms in total. The molecule has 2 heterocycles. The van der Waals surface area contributed by atoms with Gasteiger partial charge in [-0.05, 0) is 25.1 Å². The Balaban J connectivity index is 2.24. The van der Waals surface area contributed by atoms with E-state index < -0.39 is 11.4 Å². The molecule has 0 amide bonds. The smallest absolute Gasteiger partial charge is 0.341 e. The van der Waals surface area contributed by atoms with Gasteiger partial charge in [0, 0.05) is 37.0 Å². The zero-order chi connectivity index (χ0) is 21.3. The molecule has 0 spiro atoms. The Bertz CT molecular complexity index is 1180. The molecule has 0 atom stereocenters. The molecule has 3 rings (SSSR count). The molecular formula is C20H17Cl2N3O4. The van der Waals surface area contributed by atoms with Crippen LogP contribution in [0, 0.1) is 0 Å².